The van der Waals surface area contributed by atoms with Gasteiger partial charge in [-0.25, -0.2) is 0 Å². The van der Waals surface area contributed by atoms with Crippen molar-refractivity contribution in [3.05, 3.63) is 182 Å². The summed E-state index contributed by atoms with van der Waals surface area (Å²) in [6, 6.07) is 46.8. The molecule has 3 nitrogen and oxygen atoms in total. The van der Waals surface area contributed by atoms with Crippen LogP contribution in [-0.4, -0.2) is 9.13 Å². The summed E-state index contributed by atoms with van der Waals surface area (Å²) in [4.78, 5) is 0. The molecule has 0 saturated heterocycles. The Morgan fingerprint density at radius 2 is 1.28 bits per heavy atom. The second-order valence-corrected chi connectivity index (χ2v) is 14.5. The average molecular weight is 689 g/mol. The highest BCUT2D eigenvalue weighted by Gasteiger charge is 2.26. The predicted octanol–water partition coefficient (Wildman–Crippen LogP) is 14.1. The normalized spacial score (nSPS) is 16.9. The molecular weight excluding hydrogens is 657 g/mol. The first kappa shape index (κ1) is 29.5. The zero-order chi connectivity index (χ0) is 35.5. The van der Waals surface area contributed by atoms with E-state index in [2.05, 4.69) is 180 Å². The van der Waals surface area contributed by atoms with E-state index >= 15 is 0 Å². The molecule has 0 bridgehead atoms. The molecule has 0 N–H and O–H groups in total. The Bertz CT molecular complexity index is 3420. The third kappa shape index (κ3) is 3.96. The lowest BCUT2D eigenvalue weighted by molar-refractivity contribution is 0.669. The summed E-state index contributed by atoms with van der Waals surface area (Å²) in [5, 5.41) is 9.77. The highest BCUT2D eigenvalue weighted by Crippen LogP contribution is 2.50. The van der Waals surface area contributed by atoms with Gasteiger partial charge in [-0.2, -0.15) is 0 Å². The van der Waals surface area contributed by atoms with E-state index in [9.17, 15) is 0 Å². The van der Waals surface area contributed by atoms with Crippen molar-refractivity contribution < 1.29 is 4.42 Å². The molecule has 252 valence electrons. The lowest BCUT2D eigenvalue weighted by atomic mass is 10.0. The maximum absolute atomic E-state index is 6.51. The van der Waals surface area contributed by atoms with Gasteiger partial charge in [-0.1, -0.05) is 134 Å². The van der Waals surface area contributed by atoms with Crippen LogP contribution in [-0.2, 0) is 0 Å². The molecule has 3 aromatic heterocycles. The lowest BCUT2D eigenvalue weighted by Gasteiger charge is -2.15. The van der Waals surface area contributed by atoms with E-state index in [-0.39, 0.29) is 0 Å². The van der Waals surface area contributed by atoms with Crippen molar-refractivity contribution in [2.45, 2.75) is 6.42 Å². The smallest absolute Gasteiger partial charge is 0.136 e. The Kier molecular flexibility index (Phi) is 5.98. The van der Waals surface area contributed by atoms with Gasteiger partial charge in [0.2, 0.25) is 0 Å². The van der Waals surface area contributed by atoms with Crippen molar-refractivity contribution in [1.82, 2.24) is 9.13 Å². The molecule has 0 unspecified atom stereocenters. The molecule has 10 aromatic rings. The molecule has 54 heavy (non-hydrogen) atoms. The molecule has 2 aliphatic rings. The maximum atomic E-state index is 6.51. The van der Waals surface area contributed by atoms with Crippen molar-refractivity contribution in [1.29, 1.82) is 0 Å². The minimum Gasteiger partial charge on any atom is -0.456 e. The van der Waals surface area contributed by atoms with Crippen LogP contribution in [0.4, 0.5) is 0 Å². The summed E-state index contributed by atoms with van der Waals surface area (Å²) < 4.78 is 11.5. The van der Waals surface area contributed by atoms with E-state index in [0.29, 0.717) is 0 Å². The third-order valence-electron chi connectivity index (χ3n) is 11.6. The minimum atomic E-state index is 0.767. The summed E-state index contributed by atoms with van der Waals surface area (Å²) in [5.41, 5.74) is 15.0. The van der Waals surface area contributed by atoms with E-state index in [1.165, 1.54) is 76.8 Å². The number of hydrogen-bond acceptors (Lipinski definition) is 1. The van der Waals surface area contributed by atoms with Gasteiger partial charge in [0.05, 0.1) is 22.1 Å². The second-order valence-electron chi connectivity index (χ2n) is 14.5. The SMILES string of the molecule is C=C1/C=C\C=C/C/C(n2c3ccccc3c3ccc4c5c6c(ccc5n(-c5ccc7c(c5)-c5cccc8cccc-7c58)c4c32)oc2ccccc26)=C\C=C/1. The molecule has 0 atom stereocenters. The zero-order valence-electron chi connectivity index (χ0n) is 29.4. The third-order valence-corrected chi connectivity index (χ3v) is 11.6. The Labute approximate surface area is 311 Å². The maximum Gasteiger partial charge on any atom is 0.136 e. The fraction of sp³-hybridized carbons (Fsp3) is 0.0196. The van der Waals surface area contributed by atoms with Gasteiger partial charge in [0.1, 0.15) is 11.2 Å². The van der Waals surface area contributed by atoms with Crippen LogP contribution in [0.2, 0.25) is 0 Å². The molecule has 3 heterocycles. The molecule has 3 heteroatoms. The number of fused-ring (bicyclic) bond motifs is 14. The minimum absolute atomic E-state index is 0.767. The number of benzene rings is 7. The molecule has 0 saturated carbocycles. The first-order valence-electron chi connectivity index (χ1n) is 18.6. The summed E-state index contributed by atoms with van der Waals surface area (Å²) >= 11 is 0. The lowest BCUT2D eigenvalue weighted by Crippen LogP contribution is -2.00. The van der Waals surface area contributed by atoms with Crippen LogP contribution in [0.1, 0.15) is 6.42 Å². The van der Waals surface area contributed by atoms with Crippen LogP contribution in [0.15, 0.2) is 186 Å². The Morgan fingerprint density at radius 1 is 0.500 bits per heavy atom. The molecule has 2 aliphatic carbocycles. The topological polar surface area (TPSA) is 23.0 Å². The van der Waals surface area contributed by atoms with Gasteiger partial charge >= 0.3 is 0 Å². The fourth-order valence-electron chi connectivity index (χ4n) is 9.36. The molecule has 0 amide bonds. The van der Waals surface area contributed by atoms with E-state index in [1.54, 1.807) is 0 Å². The number of nitrogens with zero attached hydrogens (tertiary/aromatic N) is 2. The summed E-state index contributed by atoms with van der Waals surface area (Å²) in [6.45, 7) is 4.22. The van der Waals surface area contributed by atoms with Gasteiger partial charge in [0.15, 0.2) is 0 Å². The largest absolute Gasteiger partial charge is 0.456 e. The molecule has 0 radical (unpaired) electrons. The van der Waals surface area contributed by atoms with Crippen LogP contribution in [0.5, 0.6) is 0 Å². The Balaban J connectivity index is 1.27. The molecule has 0 aliphatic heterocycles. The fourth-order valence-corrected chi connectivity index (χ4v) is 9.36. The number of allylic oxidation sites excluding steroid dienone is 9. The van der Waals surface area contributed by atoms with Crippen LogP contribution >= 0.6 is 0 Å². The summed E-state index contributed by atoms with van der Waals surface area (Å²) in [6.07, 6.45) is 15.7. The first-order valence-corrected chi connectivity index (χ1v) is 18.6. The standard InChI is InChI=1S/C51H32N2O/c1-31-12-3-2-4-16-33(17-9-13-31)52-43-22-7-5-18-36(43)39-26-27-41-48-44(28-29-46-49(48)40-19-6-8-23-45(40)54-46)53(51(41)50(39)52)34-24-25-35-37-20-10-14-32-15-11-21-38(47(32)37)42(35)30-34/h2-15,17-30H,1,16H2/b4-2-,12-3-,13-9-,33-17+. The quantitative estimate of drug-likeness (QED) is 0.177. The van der Waals surface area contributed by atoms with Gasteiger partial charge in [-0.05, 0) is 81.1 Å². The Morgan fingerprint density at radius 3 is 2.19 bits per heavy atom. The van der Waals surface area contributed by atoms with Gasteiger partial charge in [-0.3, -0.25) is 0 Å². The van der Waals surface area contributed by atoms with Crippen LogP contribution < -0.4 is 0 Å². The van der Waals surface area contributed by atoms with Crippen LogP contribution in [0, 0.1) is 0 Å². The Hall–Kier alpha value is -7.10. The van der Waals surface area contributed by atoms with Crippen molar-refractivity contribution >= 4 is 82.0 Å². The number of aromatic nitrogens is 2. The number of furan rings is 1. The van der Waals surface area contributed by atoms with Crippen molar-refractivity contribution in [2.75, 3.05) is 0 Å². The molecule has 7 aromatic carbocycles. The summed E-state index contributed by atoms with van der Waals surface area (Å²) in [5.74, 6) is 0. The number of hydrogen-bond donors (Lipinski definition) is 0. The highest BCUT2D eigenvalue weighted by molar-refractivity contribution is 6.32. The molecular formula is C51H32N2O. The average Bonchev–Trinajstić information content (AvgIpc) is 3.94. The van der Waals surface area contributed by atoms with E-state index in [4.69, 9.17) is 4.42 Å². The van der Waals surface area contributed by atoms with Crippen molar-refractivity contribution in [3.63, 3.8) is 0 Å². The number of rotatable bonds is 2. The van der Waals surface area contributed by atoms with Gasteiger partial charge in [0, 0.05) is 50.1 Å². The van der Waals surface area contributed by atoms with E-state index in [0.717, 1.165) is 45.1 Å². The van der Waals surface area contributed by atoms with Gasteiger partial charge in [-0.15, -0.1) is 0 Å². The van der Waals surface area contributed by atoms with Gasteiger partial charge < -0.3 is 13.6 Å². The van der Waals surface area contributed by atoms with Crippen LogP contribution in [0.25, 0.3) is 110 Å². The number of para-hydroxylation sites is 2. The van der Waals surface area contributed by atoms with Crippen LogP contribution in [0.3, 0.4) is 0 Å². The highest BCUT2D eigenvalue weighted by atomic mass is 16.3. The second kappa shape index (κ2) is 11.0. The molecule has 0 fully saturated rings. The van der Waals surface area contributed by atoms with E-state index in [1.807, 2.05) is 6.08 Å². The van der Waals surface area contributed by atoms with Crippen molar-refractivity contribution in [3.8, 4) is 27.9 Å². The van der Waals surface area contributed by atoms with E-state index < -0.39 is 0 Å². The zero-order valence-corrected chi connectivity index (χ0v) is 29.4. The molecule has 12 rings (SSSR count). The monoisotopic (exact) mass is 688 g/mol. The first-order chi connectivity index (χ1) is 26.7. The summed E-state index contributed by atoms with van der Waals surface area (Å²) in [7, 11) is 0. The molecule has 0 spiro atoms. The predicted molar refractivity (Wildman–Crippen MR) is 228 cm³/mol. The van der Waals surface area contributed by atoms with Crippen molar-refractivity contribution in [2.24, 2.45) is 0 Å². The van der Waals surface area contributed by atoms with Gasteiger partial charge in [0.25, 0.3) is 0 Å².